The second-order valence-corrected chi connectivity index (χ2v) is 6.57. The van der Waals surface area contributed by atoms with Gasteiger partial charge in [-0.25, -0.2) is 0 Å². The molecule has 0 fully saturated rings. The number of ether oxygens (including phenoxy) is 2. The molecule has 0 spiro atoms. The van der Waals surface area contributed by atoms with Gasteiger partial charge in [-0.2, -0.15) is 5.10 Å². The molecular formula is C21H21N3O4. The molecule has 2 heterocycles. The average Bonchev–Trinajstić information content (AvgIpc) is 3.24. The van der Waals surface area contributed by atoms with Gasteiger partial charge >= 0.3 is 0 Å². The molecule has 0 bridgehead atoms. The van der Waals surface area contributed by atoms with Gasteiger partial charge < -0.3 is 19.5 Å². The number of hydrogen-bond acceptors (Lipinski definition) is 5. The molecule has 0 saturated heterocycles. The molecule has 7 heteroatoms. The lowest BCUT2D eigenvalue weighted by Crippen LogP contribution is -2.24. The Morgan fingerprint density at radius 3 is 2.64 bits per heavy atom. The maximum absolute atomic E-state index is 12.8. The number of H-pyrrole nitrogens is 1. The number of aromatic nitrogens is 2. The van der Waals surface area contributed by atoms with Crippen molar-refractivity contribution < 1.29 is 19.4 Å². The van der Waals surface area contributed by atoms with Crippen LogP contribution in [-0.4, -0.2) is 46.9 Å². The average molecular weight is 379 g/mol. The van der Waals surface area contributed by atoms with Crippen LogP contribution >= 0.6 is 0 Å². The van der Waals surface area contributed by atoms with Gasteiger partial charge in [0.05, 0.1) is 25.5 Å². The van der Waals surface area contributed by atoms with Gasteiger partial charge in [0.15, 0.2) is 11.5 Å². The first kappa shape index (κ1) is 17.9. The standard InChI is InChI=1S/C21H21N3O4/c1-4-28-16-11-13(7-10-15(16)25)20-17-18(12-5-8-14(27-3)9-6-12)22-23-19(17)21(26)24(20)2/h5-11,20,25H,4H2,1-3H3,(H,22,23)/t20-/m0/s1. The SMILES string of the molecule is CCOc1cc([C@H]2c3c(-c4ccc(OC)cc4)n[nH]c3C(=O)N2C)ccc1O. The van der Waals surface area contributed by atoms with Gasteiger partial charge in [0.2, 0.25) is 0 Å². The molecule has 1 aliphatic rings. The Morgan fingerprint density at radius 2 is 1.96 bits per heavy atom. The van der Waals surface area contributed by atoms with E-state index in [4.69, 9.17) is 9.47 Å². The van der Waals surface area contributed by atoms with Crippen LogP contribution in [0, 0.1) is 0 Å². The number of methoxy groups -OCH3 is 1. The molecule has 1 aliphatic heterocycles. The first-order valence-electron chi connectivity index (χ1n) is 9.00. The summed E-state index contributed by atoms with van der Waals surface area (Å²) in [5.41, 5.74) is 3.73. The molecule has 0 radical (unpaired) electrons. The first-order chi connectivity index (χ1) is 13.5. The molecule has 1 aromatic heterocycles. The lowest BCUT2D eigenvalue weighted by Gasteiger charge is -2.22. The van der Waals surface area contributed by atoms with Crippen LogP contribution in [0.4, 0.5) is 0 Å². The topological polar surface area (TPSA) is 87.7 Å². The van der Waals surface area contributed by atoms with E-state index in [1.165, 1.54) is 0 Å². The minimum atomic E-state index is -0.335. The van der Waals surface area contributed by atoms with E-state index in [1.807, 2.05) is 31.2 Å². The second-order valence-electron chi connectivity index (χ2n) is 6.57. The number of phenolic OH excluding ortho intramolecular Hbond substituents is 1. The van der Waals surface area contributed by atoms with Crippen LogP contribution in [0.15, 0.2) is 42.5 Å². The van der Waals surface area contributed by atoms with Crippen molar-refractivity contribution in [2.24, 2.45) is 0 Å². The van der Waals surface area contributed by atoms with Gasteiger partial charge in [-0.1, -0.05) is 6.07 Å². The Hall–Kier alpha value is -3.48. The molecule has 7 nitrogen and oxygen atoms in total. The van der Waals surface area contributed by atoms with E-state index in [-0.39, 0.29) is 17.7 Å². The van der Waals surface area contributed by atoms with Crippen molar-refractivity contribution >= 4 is 5.91 Å². The summed E-state index contributed by atoms with van der Waals surface area (Å²) in [5.74, 6) is 1.09. The molecule has 0 unspecified atom stereocenters. The predicted octanol–water partition coefficient (Wildman–Crippen LogP) is 3.36. The van der Waals surface area contributed by atoms with Crippen LogP contribution in [0.1, 0.15) is 34.6 Å². The number of fused-ring (bicyclic) bond motifs is 1. The van der Waals surface area contributed by atoms with Gasteiger partial charge in [-0.15, -0.1) is 0 Å². The molecule has 0 aliphatic carbocycles. The van der Waals surface area contributed by atoms with Crippen LogP contribution in [0.25, 0.3) is 11.3 Å². The molecule has 144 valence electrons. The van der Waals surface area contributed by atoms with E-state index < -0.39 is 0 Å². The van der Waals surface area contributed by atoms with E-state index in [0.717, 1.165) is 22.4 Å². The maximum Gasteiger partial charge on any atom is 0.272 e. The van der Waals surface area contributed by atoms with Gasteiger partial charge in [-0.05, 0) is 48.9 Å². The van der Waals surface area contributed by atoms with E-state index in [1.54, 1.807) is 37.3 Å². The van der Waals surface area contributed by atoms with Crippen molar-refractivity contribution in [1.82, 2.24) is 15.1 Å². The Kier molecular flexibility index (Phi) is 4.43. The second kappa shape index (κ2) is 6.92. The van der Waals surface area contributed by atoms with Crippen LogP contribution in [0.3, 0.4) is 0 Å². The van der Waals surface area contributed by atoms with Crippen molar-refractivity contribution in [1.29, 1.82) is 0 Å². The third kappa shape index (κ3) is 2.76. The van der Waals surface area contributed by atoms with Crippen LogP contribution < -0.4 is 9.47 Å². The quantitative estimate of drug-likeness (QED) is 0.710. The fraction of sp³-hybridized carbons (Fsp3) is 0.238. The summed E-state index contributed by atoms with van der Waals surface area (Å²) in [7, 11) is 3.37. The number of rotatable bonds is 5. The molecule has 1 amide bonds. The van der Waals surface area contributed by atoms with Crippen molar-refractivity contribution in [3.63, 3.8) is 0 Å². The molecular weight excluding hydrogens is 358 g/mol. The largest absolute Gasteiger partial charge is 0.504 e. The highest BCUT2D eigenvalue weighted by Crippen LogP contribution is 2.43. The summed E-state index contributed by atoms with van der Waals surface area (Å²) in [6.45, 7) is 2.29. The maximum atomic E-state index is 12.8. The zero-order chi connectivity index (χ0) is 19.8. The van der Waals surface area contributed by atoms with Gasteiger partial charge in [-0.3, -0.25) is 9.89 Å². The number of amides is 1. The number of carbonyl (C=O) groups excluding carboxylic acids is 1. The Morgan fingerprint density at radius 1 is 1.21 bits per heavy atom. The van der Waals surface area contributed by atoms with Crippen LogP contribution in [0.2, 0.25) is 0 Å². The van der Waals surface area contributed by atoms with Crippen molar-refractivity contribution in [2.45, 2.75) is 13.0 Å². The normalized spacial score (nSPS) is 15.6. The summed E-state index contributed by atoms with van der Waals surface area (Å²) < 4.78 is 10.7. The number of carbonyl (C=O) groups is 1. The zero-order valence-corrected chi connectivity index (χ0v) is 15.9. The van der Waals surface area contributed by atoms with E-state index in [9.17, 15) is 9.90 Å². The summed E-state index contributed by atoms with van der Waals surface area (Å²) in [5, 5.41) is 17.3. The Balaban J connectivity index is 1.83. The van der Waals surface area contributed by atoms with E-state index in [2.05, 4.69) is 10.2 Å². The van der Waals surface area contributed by atoms with Gasteiger partial charge in [0, 0.05) is 18.2 Å². The molecule has 28 heavy (non-hydrogen) atoms. The van der Waals surface area contributed by atoms with E-state index >= 15 is 0 Å². The van der Waals surface area contributed by atoms with E-state index in [0.29, 0.717) is 23.7 Å². The monoisotopic (exact) mass is 379 g/mol. The Labute approximate surface area is 162 Å². The highest BCUT2D eigenvalue weighted by atomic mass is 16.5. The minimum absolute atomic E-state index is 0.0698. The van der Waals surface area contributed by atoms with Crippen molar-refractivity contribution in [2.75, 3.05) is 20.8 Å². The van der Waals surface area contributed by atoms with Gasteiger partial charge in [0.1, 0.15) is 11.4 Å². The molecule has 3 aromatic rings. The summed E-state index contributed by atoms with van der Waals surface area (Å²) in [4.78, 5) is 14.4. The molecule has 2 aromatic carbocycles. The molecule has 0 saturated carbocycles. The first-order valence-corrected chi connectivity index (χ1v) is 9.00. The highest BCUT2D eigenvalue weighted by molar-refractivity contribution is 6.00. The number of nitrogens with zero attached hydrogens (tertiary/aromatic N) is 2. The fourth-order valence-corrected chi connectivity index (χ4v) is 3.60. The Bertz CT molecular complexity index is 1030. The zero-order valence-electron chi connectivity index (χ0n) is 15.9. The molecule has 4 rings (SSSR count). The molecule has 1 atom stereocenters. The number of nitrogens with one attached hydrogen (secondary N) is 1. The predicted molar refractivity (Wildman–Crippen MR) is 104 cm³/mol. The number of benzene rings is 2. The number of phenols is 1. The van der Waals surface area contributed by atoms with Crippen molar-refractivity contribution in [3.8, 4) is 28.5 Å². The lowest BCUT2D eigenvalue weighted by molar-refractivity contribution is 0.0787. The number of hydrogen-bond donors (Lipinski definition) is 2. The van der Waals surface area contributed by atoms with Crippen LogP contribution in [-0.2, 0) is 0 Å². The fourth-order valence-electron chi connectivity index (χ4n) is 3.60. The smallest absolute Gasteiger partial charge is 0.272 e. The summed E-state index contributed by atoms with van der Waals surface area (Å²) in [6, 6.07) is 12.4. The third-order valence-electron chi connectivity index (χ3n) is 4.96. The van der Waals surface area contributed by atoms with Gasteiger partial charge in [0.25, 0.3) is 5.91 Å². The summed E-state index contributed by atoms with van der Waals surface area (Å²) >= 11 is 0. The summed E-state index contributed by atoms with van der Waals surface area (Å²) in [6.07, 6.45) is 0. The van der Waals surface area contributed by atoms with Crippen LogP contribution in [0.5, 0.6) is 17.2 Å². The lowest BCUT2D eigenvalue weighted by atomic mass is 9.96. The highest BCUT2D eigenvalue weighted by Gasteiger charge is 2.40. The van der Waals surface area contributed by atoms with Crippen molar-refractivity contribution in [3.05, 3.63) is 59.3 Å². The minimum Gasteiger partial charge on any atom is -0.504 e. The number of aromatic amines is 1. The number of aromatic hydroxyl groups is 1. The molecule has 2 N–H and O–H groups in total. The third-order valence-corrected chi connectivity index (χ3v) is 4.96.